The molecule has 0 N–H and O–H groups in total. The zero-order chi connectivity index (χ0) is 10.8. The summed E-state index contributed by atoms with van der Waals surface area (Å²) >= 11 is 0. The van der Waals surface area contributed by atoms with Gasteiger partial charge in [-0.3, -0.25) is 0 Å². The van der Waals surface area contributed by atoms with Crippen LogP contribution in [0.4, 0.5) is 0 Å². The van der Waals surface area contributed by atoms with Crippen molar-refractivity contribution in [3.05, 3.63) is 35.1 Å². The van der Waals surface area contributed by atoms with E-state index >= 15 is 0 Å². The number of fused-ring (bicyclic) bond motifs is 1. The molecule has 0 spiro atoms. The fraction of sp³-hybridized carbons (Fsp3) is 0.308. The number of aryl methyl sites for hydroxylation is 3. The minimum absolute atomic E-state index is 0.572. The lowest BCUT2D eigenvalue weighted by Crippen LogP contribution is -1.87. The Morgan fingerprint density at radius 3 is 2.87 bits per heavy atom. The van der Waals surface area contributed by atoms with Gasteiger partial charge < -0.3 is 9.21 Å². The van der Waals surface area contributed by atoms with Gasteiger partial charge in [0.2, 0.25) is 0 Å². The van der Waals surface area contributed by atoms with E-state index in [-0.39, 0.29) is 0 Å². The molecule has 2 rings (SSSR count). The van der Waals surface area contributed by atoms with Gasteiger partial charge in [-0.2, -0.15) is 0 Å². The summed E-state index contributed by atoms with van der Waals surface area (Å²) in [6.45, 7) is 4.03. The van der Waals surface area contributed by atoms with E-state index in [1.165, 1.54) is 16.5 Å². The van der Waals surface area contributed by atoms with Crippen LogP contribution in [0.1, 0.15) is 23.3 Å². The number of aldehydes is 1. The average molecular weight is 202 g/mol. The third kappa shape index (κ3) is 1.67. The molecule has 0 amide bonds. The Balaban J connectivity index is 2.58. The van der Waals surface area contributed by atoms with E-state index in [0.717, 1.165) is 24.1 Å². The molecule has 1 heterocycles. The van der Waals surface area contributed by atoms with Gasteiger partial charge in [-0.05, 0) is 37.5 Å². The Kier molecular flexibility index (Phi) is 2.58. The highest BCUT2D eigenvalue weighted by Crippen LogP contribution is 2.28. The first-order valence-corrected chi connectivity index (χ1v) is 5.15. The van der Waals surface area contributed by atoms with Crippen LogP contribution in [0.25, 0.3) is 11.0 Å². The number of furan rings is 1. The van der Waals surface area contributed by atoms with E-state index in [4.69, 9.17) is 4.42 Å². The van der Waals surface area contributed by atoms with E-state index in [9.17, 15) is 4.79 Å². The van der Waals surface area contributed by atoms with Crippen LogP contribution < -0.4 is 0 Å². The van der Waals surface area contributed by atoms with Crippen LogP contribution >= 0.6 is 0 Å². The van der Waals surface area contributed by atoms with Crippen molar-refractivity contribution in [2.75, 3.05) is 0 Å². The molecule has 0 atom stereocenters. The van der Waals surface area contributed by atoms with Crippen LogP contribution in [0.2, 0.25) is 0 Å². The fourth-order valence-corrected chi connectivity index (χ4v) is 1.93. The normalized spacial score (nSPS) is 10.8. The summed E-state index contributed by atoms with van der Waals surface area (Å²) in [5.74, 6) is 0.962. The summed E-state index contributed by atoms with van der Waals surface area (Å²) in [4.78, 5) is 10.4. The molecule has 1 aromatic heterocycles. The Morgan fingerprint density at radius 1 is 1.33 bits per heavy atom. The molecule has 0 aliphatic carbocycles. The molecule has 0 radical (unpaired) electrons. The predicted molar refractivity (Wildman–Crippen MR) is 60.1 cm³/mol. The molecule has 2 heteroatoms. The summed E-state index contributed by atoms with van der Waals surface area (Å²) in [7, 11) is 0. The average Bonchev–Trinajstić information content (AvgIpc) is 2.53. The summed E-state index contributed by atoms with van der Waals surface area (Å²) in [5.41, 5.74) is 3.31. The number of benzene rings is 1. The summed E-state index contributed by atoms with van der Waals surface area (Å²) in [6.07, 6.45) is 2.32. The minimum atomic E-state index is 0.572. The fourth-order valence-electron chi connectivity index (χ4n) is 1.93. The molecule has 0 saturated heterocycles. The van der Waals surface area contributed by atoms with Crippen LogP contribution in [0.3, 0.4) is 0 Å². The Hall–Kier alpha value is -1.57. The largest absolute Gasteiger partial charge is 0.461 e. The highest BCUT2D eigenvalue weighted by Gasteiger charge is 2.10. The predicted octanol–water partition coefficient (Wildman–Crippen LogP) is 3.18. The lowest BCUT2D eigenvalue weighted by Gasteiger charge is -2.00. The summed E-state index contributed by atoms with van der Waals surface area (Å²) in [6, 6.07) is 6.01. The van der Waals surface area contributed by atoms with Crippen molar-refractivity contribution in [1.82, 2.24) is 0 Å². The molecular formula is C13H14O2. The number of carbonyl (C=O) groups is 1. The number of carbonyl (C=O) groups excluding carboxylic acids is 1. The second-order valence-electron chi connectivity index (χ2n) is 3.78. The molecule has 1 aromatic carbocycles. The number of hydrogen-bond donors (Lipinski definition) is 0. The van der Waals surface area contributed by atoms with Crippen molar-refractivity contribution < 1.29 is 9.21 Å². The maximum Gasteiger partial charge on any atom is 0.134 e. The van der Waals surface area contributed by atoms with Crippen LogP contribution in [-0.4, -0.2) is 6.29 Å². The van der Waals surface area contributed by atoms with Crippen molar-refractivity contribution in [2.24, 2.45) is 0 Å². The van der Waals surface area contributed by atoms with Crippen LogP contribution in [0, 0.1) is 13.8 Å². The van der Waals surface area contributed by atoms with Crippen LogP contribution in [-0.2, 0) is 11.2 Å². The van der Waals surface area contributed by atoms with Crippen LogP contribution in [0.5, 0.6) is 0 Å². The molecule has 2 nitrogen and oxygen atoms in total. The van der Waals surface area contributed by atoms with Crippen molar-refractivity contribution in [2.45, 2.75) is 26.7 Å². The summed E-state index contributed by atoms with van der Waals surface area (Å²) < 4.78 is 5.63. The van der Waals surface area contributed by atoms with E-state index < -0.39 is 0 Å². The van der Waals surface area contributed by atoms with Crippen molar-refractivity contribution >= 4 is 17.3 Å². The third-order valence-electron chi connectivity index (χ3n) is 2.81. The number of hydrogen-bond acceptors (Lipinski definition) is 2. The molecule has 0 saturated carbocycles. The molecular weight excluding hydrogens is 188 g/mol. The monoisotopic (exact) mass is 202 g/mol. The molecule has 0 bridgehead atoms. The van der Waals surface area contributed by atoms with Gasteiger partial charge in [-0.25, -0.2) is 0 Å². The molecule has 2 aromatic rings. The second kappa shape index (κ2) is 3.89. The first kappa shape index (κ1) is 9.97. The van der Waals surface area contributed by atoms with Gasteiger partial charge in [-0.15, -0.1) is 0 Å². The van der Waals surface area contributed by atoms with E-state index in [0.29, 0.717) is 6.42 Å². The lowest BCUT2D eigenvalue weighted by molar-refractivity contribution is -0.107. The molecule has 0 unspecified atom stereocenters. The zero-order valence-corrected chi connectivity index (χ0v) is 9.04. The first-order chi connectivity index (χ1) is 7.24. The molecule has 0 fully saturated rings. The van der Waals surface area contributed by atoms with E-state index in [2.05, 4.69) is 13.0 Å². The van der Waals surface area contributed by atoms with E-state index in [1.54, 1.807) is 0 Å². The van der Waals surface area contributed by atoms with Crippen molar-refractivity contribution in [3.63, 3.8) is 0 Å². The molecule has 15 heavy (non-hydrogen) atoms. The SMILES string of the molecule is Cc1oc2cccc(CCC=O)c2c1C. The molecule has 78 valence electrons. The van der Waals surface area contributed by atoms with Gasteiger partial charge in [0.1, 0.15) is 17.6 Å². The van der Waals surface area contributed by atoms with Crippen molar-refractivity contribution in [3.8, 4) is 0 Å². The third-order valence-corrected chi connectivity index (χ3v) is 2.81. The summed E-state index contributed by atoms with van der Waals surface area (Å²) in [5, 5.41) is 1.18. The Morgan fingerprint density at radius 2 is 2.13 bits per heavy atom. The van der Waals surface area contributed by atoms with Crippen LogP contribution in [0.15, 0.2) is 22.6 Å². The van der Waals surface area contributed by atoms with E-state index in [1.807, 2.05) is 19.1 Å². The Bertz CT molecular complexity index is 494. The van der Waals surface area contributed by atoms with Gasteiger partial charge in [0, 0.05) is 11.8 Å². The topological polar surface area (TPSA) is 30.2 Å². The standard InChI is InChI=1S/C13H14O2/c1-9-10(2)15-12-7-3-5-11(13(9)12)6-4-8-14/h3,5,7-8H,4,6H2,1-2H3. The highest BCUT2D eigenvalue weighted by atomic mass is 16.3. The van der Waals surface area contributed by atoms with Crippen molar-refractivity contribution in [1.29, 1.82) is 0 Å². The Labute approximate surface area is 88.9 Å². The maximum absolute atomic E-state index is 10.4. The van der Waals surface area contributed by atoms with Gasteiger partial charge in [0.25, 0.3) is 0 Å². The lowest BCUT2D eigenvalue weighted by atomic mass is 10.0. The van der Waals surface area contributed by atoms with Gasteiger partial charge in [0.15, 0.2) is 0 Å². The first-order valence-electron chi connectivity index (χ1n) is 5.15. The highest BCUT2D eigenvalue weighted by molar-refractivity contribution is 5.85. The quantitative estimate of drug-likeness (QED) is 0.715. The second-order valence-corrected chi connectivity index (χ2v) is 3.78. The molecule has 0 aliphatic rings. The van der Waals surface area contributed by atoms with Gasteiger partial charge in [0.05, 0.1) is 0 Å². The number of rotatable bonds is 3. The molecule has 0 aliphatic heterocycles. The maximum atomic E-state index is 10.4. The van der Waals surface area contributed by atoms with Gasteiger partial charge in [-0.1, -0.05) is 12.1 Å². The smallest absolute Gasteiger partial charge is 0.134 e. The zero-order valence-electron chi connectivity index (χ0n) is 9.04. The van der Waals surface area contributed by atoms with Gasteiger partial charge >= 0.3 is 0 Å². The minimum Gasteiger partial charge on any atom is -0.461 e.